The van der Waals surface area contributed by atoms with Crippen LogP contribution in [0.25, 0.3) is 10.2 Å². The molecule has 0 spiro atoms. The van der Waals surface area contributed by atoms with Crippen molar-refractivity contribution in [3.05, 3.63) is 58.0 Å². The van der Waals surface area contributed by atoms with Gasteiger partial charge in [-0.25, -0.2) is 4.98 Å². The van der Waals surface area contributed by atoms with Gasteiger partial charge in [0.15, 0.2) is 5.78 Å². The van der Waals surface area contributed by atoms with Crippen molar-refractivity contribution in [2.24, 2.45) is 0 Å². The SMILES string of the molecule is COc1ccc(C(=O)Cn2cnc3sccc3c2=O)cc1. The van der Waals surface area contributed by atoms with E-state index in [0.717, 1.165) is 0 Å². The molecular weight excluding hydrogens is 288 g/mol. The Bertz CT molecular complexity index is 849. The number of carbonyl (C=O) groups excluding carboxylic acids is 1. The van der Waals surface area contributed by atoms with Crippen LogP contribution >= 0.6 is 11.3 Å². The third-order valence-electron chi connectivity index (χ3n) is 3.18. The molecule has 106 valence electrons. The van der Waals surface area contributed by atoms with Crippen molar-refractivity contribution in [1.82, 2.24) is 9.55 Å². The lowest BCUT2D eigenvalue weighted by Gasteiger charge is -2.05. The molecule has 0 N–H and O–H groups in total. The van der Waals surface area contributed by atoms with E-state index in [2.05, 4.69) is 4.98 Å². The van der Waals surface area contributed by atoms with Gasteiger partial charge in [-0.1, -0.05) is 0 Å². The molecule has 0 radical (unpaired) electrons. The fraction of sp³-hybridized carbons (Fsp3) is 0.133. The first kappa shape index (κ1) is 13.5. The monoisotopic (exact) mass is 300 g/mol. The number of ketones is 1. The smallest absolute Gasteiger partial charge is 0.262 e. The molecule has 21 heavy (non-hydrogen) atoms. The van der Waals surface area contributed by atoms with Crippen LogP contribution in [0.3, 0.4) is 0 Å². The summed E-state index contributed by atoms with van der Waals surface area (Å²) in [5.41, 5.74) is 0.344. The molecule has 0 unspecified atom stereocenters. The number of fused-ring (bicyclic) bond motifs is 1. The molecule has 0 aliphatic carbocycles. The lowest BCUT2D eigenvalue weighted by Crippen LogP contribution is -2.24. The first-order valence-electron chi connectivity index (χ1n) is 6.29. The highest BCUT2D eigenvalue weighted by molar-refractivity contribution is 7.16. The van der Waals surface area contributed by atoms with Crippen LogP contribution < -0.4 is 10.3 Å². The van der Waals surface area contributed by atoms with Crippen LogP contribution in [0.4, 0.5) is 0 Å². The minimum atomic E-state index is -0.192. The number of rotatable bonds is 4. The number of methoxy groups -OCH3 is 1. The van der Waals surface area contributed by atoms with Gasteiger partial charge in [0.1, 0.15) is 10.6 Å². The lowest BCUT2D eigenvalue weighted by atomic mass is 10.1. The summed E-state index contributed by atoms with van der Waals surface area (Å²) in [6.07, 6.45) is 1.42. The van der Waals surface area contributed by atoms with Crippen molar-refractivity contribution in [3.8, 4) is 5.75 Å². The van der Waals surface area contributed by atoms with E-state index in [4.69, 9.17) is 4.74 Å². The Balaban J connectivity index is 1.88. The zero-order chi connectivity index (χ0) is 14.8. The number of hydrogen-bond acceptors (Lipinski definition) is 5. The van der Waals surface area contributed by atoms with Gasteiger partial charge < -0.3 is 4.74 Å². The van der Waals surface area contributed by atoms with Crippen LogP contribution in [0.5, 0.6) is 5.75 Å². The fourth-order valence-electron chi connectivity index (χ4n) is 2.03. The molecule has 0 fully saturated rings. The molecule has 0 bridgehead atoms. The summed E-state index contributed by atoms with van der Waals surface area (Å²) in [5.74, 6) is 0.543. The van der Waals surface area contributed by atoms with Crippen molar-refractivity contribution >= 4 is 27.3 Å². The Labute approximate surface area is 124 Å². The first-order chi connectivity index (χ1) is 10.2. The molecule has 0 saturated heterocycles. The highest BCUT2D eigenvalue weighted by Gasteiger charge is 2.10. The van der Waals surface area contributed by atoms with Crippen LogP contribution in [-0.2, 0) is 6.54 Å². The molecular formula is C15H12N2O3S. The second-order valence-electron chi connectivity index (χ2n) is 4.47. The zero-order valence-electron chi connectivity index (χ0n) is 11.3. The highest BCUT2D eigenvalue weighted by Crippen LogP contribution is 2.14. The molecule has 0 aliphatic rings. The van der Waals surface area contributed by atoms with Gasteiger partial charge in [-0.2, -0.15) is 0 Å². The Morgan fingerprint density at radius 2 is 2.05 bits per heavy atom. The maximum Gasteiger partial charge on any atom is 0.262 e. The summed E-state index contributed by atoms with van der Waals surface area (Å²) in [4.78, 5) is 29.3. The number of thiophene rings is 1. The molecule has 5 nitrogen and oxygen atoms in total. The van der Waals surface area contributed by atoms with Crippen molar-refractivity contribution in [2.45, 2.75) is 6.54 Å². The third kappa shape index (κ3) is 2.57. The normalized spacial score (nSPS) is 10.7. The number of Topliss-reactive ketones (excluding diaryl/α,β-unsaturated/α-hetero) is 1. The minimum absolute atomic E-state index is 0.0239. The van der Waals surface area contributed by atoms with Gasteiger partial charge in [-0.05, 0) is 35.7 Å². The second kappa shape index (κ2) is 5.49. The fourth-order valence-corrected chi connectivity index (χ4v) is 2.75. The summed E-state index contributed by atoms with van der Waals surface area (Å²) in [5, 5.41) is 2.36. The van der Waals surface area contributed by atoms with Crippen LogP contribution in [-0.4, -0.2) is 22.4 Å². The Hall–Kier alpha value is -2.47. The summed E-state index contributed by atoms with van der Waals surface area (Å²) >= 11 is 1.41. The average molecular weight is 300 g/mol. The van der Waals surface area contributed by atoms with E-state index >= 15 is 0 Å². The van der Waals surface area contributed by atoms with Crippen molar-refractivity contribution in [3.63, 3.8) is 0 Å². The third-order valence-corrected chi connectivity index (χ3v) is 4.00. The van der Waals surface area contributed by atoms with Gasteiger partial charge in [0.25, 0.3) is 5.56 Å². The molecule has 0 saturated carbocycles. The molecule has 2 aromatic heterocycles. The van der Waals surface area contributed by atoms with Gasteiger partial charge in [0.2, 0.25) is 0 Å². The van der Waals surface area contributed by atoms with E-state index in [9.17, 15) is 9.59 Å². The predicted octanol–water partition coefficient (Wildman–Crippen LogP) is 2.35. The van der Waals surface area contributed by atoms with Crippen molar-refractivity contribution in [1.29, 1.82) is 0 Å². The molecule has 0 atom stereocenters. The van der Waals surface area contributed by atoms with E-state index in [1.54, 1.807) is 37.4 Å². The van der Waals surface area contributed by atoms with Crippen molar-refractivity contribution in [2.75, 3.05) is 7.11 Å². The van der Waals surface area contributed by atoms with Gasteiger partial charge in [-0.15, -0.1) is 11.3 Å². The molecule has 0 aliphatic heterocycles. The van der Waals surface area contributed by atoms with Gasteiger partial charge in [-0.3, -0.25) is 14.2 Å². The first-order valence-corrected chi connectivity index (χ1v) is 7.17. The quantitative estimate of drug-likeness (QED) is 0.694. The molecule has 1 aromatic carbocycles. The van der Waals surface area contributed by atoms with E-state index in [1.807, 2.05) is 5.38 Å². The summed E-state index contributed by atoms with van der Waals surface area (Å²) in [7, 11) is 1.57. The molecule has 2 heterocycles. The lowest BCUT2D eigenvalue weighted by molar-refractivity contribution is 0.0970. The van der Waals surface area contributed by atoms with E-state index in [1.165, 1.54) is 22.2 Å². The average Bonchev–Trinajstić information content (AvgIpc) is 2.99. The van der Waals surface area contributed by atoms with E-state index in [0.29, 0.717) is 21.5 Å². The Kier molecular flexibility index (Phi) is 3.53. The number of hydrogen-bond donors (Lipinski definition) is 0. The highest BCUT2D eigenvalue weighted by atomic mass is 32.1. The maximum atomic E-state index is 12.2. The Morgan fingerprint density at radius 1 is 1.29 bits per heavy atom. The van der Waals surface area contributed by atoms with Crippen LogP contribution in [0.2, 0.25) is 0 Å². The van der Waals surface area contributed by atoms with Crippen molar-refractivity contribution < 1.29 is 9.53 Å². The molecule has 6 heteroatoms. The zero-order valence-corrected chi connectivity index (χ0v) is 12.1. The largest absolute Gasteiger partial charge is 0.497 e. The Morgan fingerprint density at radius 3 is 2.76 bits per heavy atom. The molecule has 0 amide bonds. The van der Waals surface area contributed by atoms with E-state index in [-0.39, 0.29) is 17.9 Å². The maximum absolute atomic E-state index is 12.2. The summed E-state index contributed by atoms with van der Waals surface area (Å²) in [6.45, 7) is -0.0239. The number of benzene rings is 1. The topological polar surface area (TPSA) is 61.2 Å². The minimum Gasteiger partial charge on any atom is -0.497 e. The summed E-state index contributed by atoms with van der Waals surface area (Å²) < 4.78 is 6.39. The number of nitrogens with zero attached hydrogens (tertiary/aromatic N) is 2. The van der Waals surface area contributed by atoms with Crippen LogP contribution in [0.15, 0.2) is 46.8 Å². The van der Waals surface area contributed by atoms with Gasteiger partial charge in [0.05, 0.1) is 25.4 Å². The second-order valence-corrected chi connectivity index (χ2v) is 5.36. The van der Waals surface area contributed by atoms with Gasteiger partial charge in [0, 0.05) is 5.56 Å². The number of carbonyl (C=O) groups is 1. The predicted molar refractivity (Wildman–Crippen MR) is 81.2 cm³/mol. The van der Waals surface area contributed by atoms with Crippen LogP contribution in [0, 0.1) is 0 Å². The summed E-state index contributed by atoms with van der Waals surface area (Å²) in [6, 6.07) is 8.53. The molecule has 3 aromatic rings. The van der Waals surface area contributed by atoms with Gasteiger partial charge >= 0.3 is 0 Å². The number of aromatic nitrogens is 2. The molecule has 3 rings (SSSR count). The van der Waals surface area contributed by atoms with E-state index < -0.39 is 0 Å². The number of ether oxygens (including phenoxy) is 1. The van der Waals surface area contributed by atoms with Crippen LogP contribution in [0.1, 0.15) is 10.4 Å². The standard InChI is InChI=1S/C15H12N2O3S/c1-20-11-4-2-10(3-5-11)13(18)8-17-9-16-14-12(15(17)19)6-7-21-14/h2-7,9H,8H2,1H3.